The molecule has 0 aromatic carbocycles. The van der Waals surface area contributed by atoms with Crippen molar-refractivity contribution < 1.29 is 34.2 Å². The Kier molecular flexibility index (Phi) is 13.1. The van der Waals surface area contributed by atoms with E-state index in [1.807, 2.05) is 0 Å². The average molecular weight is 474 g/mol. The van der Waals surface area contributed by atoms with E-state index in [1.54, 1.807) is 13.8 Å². The van der Waals surface area contributed by atoms with Gasteiger partial charge in [-0.2, -0.15) is 0 Å². The number of nitrogens with zero attached hydrogens (tertiary/aromatic N) is 1. The maximum Gasteiger partial charge on any atom is 0.326 e. The van der Waals surface area contributed by atoms with Crippen molar-refractivity contribution in [2.75, 3.05) is 6.54 Å². The van der Waals surface area contributed by atoms with Crippen LogP contribution in [-0.2, 0) is 24.0 Å². The number of nitrogens with two attached hydrogens (primary N) is 3. The van der Waals surface area contributed by atoms with E-state index >= 15 is 0 Å². The fourth-order valence-electron chi connectivity index (χ4n) is 2.67. The summed E-state index contributed by atoms with van der Waals surface area (Å²) in [7, 11) is 0. The Hall–Kier alpha value is -3.42. The maximum absolute atomic E-state index is 12.7. The highest BCUT2D eigenvalue weighted by molar-refractivity contribution is 5.94. The minimum Gasteiger partial charge on any atom is -0.481 e. The second-order valence-corrected chi connectivity index (χ2v) is 7.65. The minimum atomic E-state index is -1.39. The largest absolute Gasteiger partial charge is 0.481 e. The molecule has 0 aromatic heterocycles. The van der Waals surface area contributed by atoms with Crippen LogP contribution in [0.4, 0.5) is 0 Å². The van der Waals surface area contributed by atoms with Crippen molar-refractivity contribution in [3.8, 4) is 0 Å². The van der Waals surface area contributed by atoms with Gasteiger partial charge in [0, 0.05) is 6.54 Å². The Morgan fingerprint density at radius 3 is 2.03 bits per heavy atom. The molecule has 0 bridgehead atoms. The fourth-order valence-corrected chi connectivity index (χ4v) is 2.67. The van der Waals surface area contributed by atoms with E-state index in [0.29, 0.717) is 6.42 Å². The van der Waals surface area contributed by atoms with Crippen LogP contribution in [0.25, 0.3) is 0 Å². The maximum atomic E-state index is 12.7. The number of rotatable bonds is 15. The third-order valence-corrected chi connectivity index (χ3v) is 4.84. The molecule has 14 nitrogen and oxygen atoms in total. The molecule has 0 heterocycles. The molecule has 3 amide bonds. The van der Waals surface area contributed by atoms with Crippen LogP contribution in [0.3, 0.4) is 0 Å². The van der Waals surface area contributed by atoms with Crippen LogP contribution in [0.5, 0.6) is 0 Å². The Bertz CT molecular complexity index is 740. The number of nitrogens with one attached hydrogen (secondary N) is 3. The Morgan fingerprint density at radius 2 is 1.55 bits per heavy atom. The lowest BCUT2D eigenvalue weighted by molar-refractivity contribution is -0.143. The summed E-state index contributed by atoms with van der Waals surface area (Å²) in [6.45, 7) is 4.97. The van der Waals surface area contributed by atoms with Crippen molar-refractivity contribution in [3.05, 3.63) is 0 Å². The summed E-state index contributed by atoms with van der Waals surface area (Å²) in [4.78, 5) is 63.3. The molecule has 11 N–H and O–H groups in total. The highest BCUT2D eigenvalue weighted by atomic mass is 16.4. The molecule has 0 saturated carbocycles. The molecule has 5 atom stereocenters. The van der Waals surface area contributed by atoms with Crippen LogP contribution in [0.2, 0.25) is 0 Å². The number of carbonyl (C=O) groups is 5. The summed E-state index contributed by atoms with van der Waals surface area (Å²) in [5.41, 5.74) is 16.0. The summed E-state index contributed by atoms with van der Waals surface area (Å²) in [5, 5.41) is 25.3. The normalized spacial score (nSPS) is 15.2. The third kappa shape index (κ3) is 11.7. The SMILES string of the molecule is CCC(C)C(NC(=O)C(C)NC(=O)C(CCCN=C(N)N)NC(=O)C(N)CC(=O)O)C(=O)O. The molecule has 0 fully saturated rings. The zero-order valence-corrected chi connectivity index (χ0v) is 19.0. The van der Waals surface area contributed by atoms with Gasteiger partial charge in [-0.15, -0.1) is 0 Å². The number of guanidine groups is 1. The molecule has 0 aliphatic carbocycles. The van der Waals surface area contributed by atoms with Crippen molar-refractivity contribution in [3.63, 3.8) is 0 Å². The van der Waals surface area contributed by atoms with Gasteiger partial charge in [-0.1, -0.05) is 20.3 Å². The summed E-state index contributed by atoms with van der Waals surface area (Å²) < 4.78 is 0. The summed E-state index contributed by atoms with van der Waals surface area (Å²) in [6.07, 6.45) is 0.213. The van der Waals surface area contributed by atoms with Gasteiger partial charge in [0.15, 0.2) is 5.96 Å². The third-order valence-electron chi connectivity index (χ3n) is 4.84. The first-order chi connectivity index (χ1) is 15.3. The van der Waals surface area contributed by atoms with E-state index in [9.17, 15) is 29.1 Å². The fraction of sp³-hybridized carbons (Fsp3) is 0.684. The number of aliphatic carboxylic acids is 2. The molecule has 0 aromatic rings. The number of carbonyl (C=O) groups excluding carboxylic acids is 3. The quantitative estimate of drug-likeness (QED) is 0.0701. The second kappa shape index (κ2) is 14.6. The zero-order chi connectivity index (χ0) is 25.7. The second-order valence-electron chi connectivity index (χ2n) is 7.65. The van der Waals surface area contributed by atoms with Gasteiger partial charge in [-0.05, 0) is 25.7 Å². The standard InChI is InChI=1S/C19H35N7O7/c1-4-9(2)14(18(32)33)26-15(29)10(3)24-17(31)12(6-5-7-23-19(21)22)25-16(30)11(20)8-13(27)28/h9-12,14H,4-8,20H2,1-3H3,(H,24,31)(H,25,30)(H,26,29)(H,27,28)(H,32,33)(H4,21,22,23). The minimum absolute atomic E-state index is 0.0626. The molecule has 0 spiro atoms. The van der Waals surface area contributed by atoms with Gasteiger partial charge in [-0.3, -0.25) is 24.2 Å². The van der Waals surface area contributed by atoms with Gasteiger partial charge < -0.3 is 43.4 Å². The van der Waals surface area contributed by atoms with E-state index in [2.05, 4.69) is 20.9 Å². The topological polar surface area (TPSA) is 252 Å². The number of aliphatic imine (C=N–C) groups is 1. The Morgan fingerprint density at radius 1 is 0.939 bits per heavy atom. The smallest absolute Gasteiger partial charge is 0.326 e. The molecular weight excluding hydrogens is 438 g/mol. The molecule has 33 heavy (non-hydrogen) atoms. The van der Waals surface area contributed by atoms with Gasteiger partial charge in [0.1, 0.15) is 18.1 Å². The number of amides is 3. The molecule has 0 rings (SSSR count). The van der Waals surface area contributed by atoms with Gasteiger partial charge in [-0.25, -0.2) is 4.79 Å². The van der Waals surface area contributed by atoms with Crippen molar-refractivity contribution in [2.24, 2.45) is 28.1 Å². The highest BCUT2D eigenvalue weighted by Gasteiger charge is 2.30. The first kappa shape index (κ1) is 29.6. The lowest BCUT2D eigenvalue weighted by atomic mass is 9.99. The number of carboxylic acid groups (broad SMARTS) is 2. The number of carboxylic acids is 2. The molecule has 0 saturated heterocycles. The van der Waals surface area contributed by atoms with Crippen molar-refractivity contribution in [2.45, 2.75) is 70.6 Å². The van der Waals surface area contributed by atoms with Crippen LogP contribution >= 0.6 is 0 Å². The van der Waals surface area contributed by atoms with E-state index in [4.69, 9.17) is 22.3 Å². The summed E-state index contributed by atoms with van der Waals surface area (Å²) in [6, 6.07) is -4.80. The zero-order valence-electron chi connectivity index (χ0n) is 19.0. The van der Waals surface area contributed by atoms with Gasteiger partial charge in [0.05, 0.1) is 12.5 Å². The summed E-state index contributed by atoms with van der Waals surface area (Å²) >= 11 is 0. The monoisotopic (exact) mass is 473 g/mol. The molecule has 0 aliphatic rings. The first-order valence-corrected chi connectivity index (χ1v) is 10.5. The first-order valence-electron chi connectivity index (χ1n) is 10.5. The van der Waals surface area contributed by atoms with E-state index in [-0.39, 0.29) is 31.3 Å². The van der Waals surface area contributed by atoms with Crippen molar-refractivity contribution in [1.29, 1.82) is 0 Å². The number of hydrogen-bond donors (Lipinski definition) is 8. The Labute approximate surface area is 191 Å². The van der Waals surface area contributed by atoms with Crippen LogP contribution in [0, 0.1) is 5.92 Å². The molecular formula is C19H35N7O7. The predicted molar refractivity (Wildman–Crippen MR) is 119 cm³/mol. The van der Waals surface area contributed by atoms with Crippen LogP contribution in [0.15, 0.2) is 4.99 Å². The van der Waals surface area contributed by atoms with Crippen LogP contribution in [0.1, 0.15) is 46.5 Å². The van der Waals surface area contributed by atoms with E-state index in [0.717, 1.165) is 0 Å². The van der Waals surface area contributed by atoms with E-state index in [1.165, 1.54) is 6.92 Å². The van der Waals surface area contributed by atoms with Crippen molar-refractivity contribution in [1.82, 2.24) is 16.0 Å². The lowest BCUT2D eigenvalue weighted by Gasteiger charge is -2.24. The molecule has 5 unspecified atom stereocenters. The van der Waals surface area contributed by atoms with Gasteiger partial charge in [0.2, 0.25) is 17.7 Å². The highest BCUT2D eigenvalue weighted by Crippen LogP contribution is 2.08. The van der Waals surface area contributed by atoms with Crippen LogP contribution in [-0.4, -0.2) is 76.5 Å². The molecule has 14 heteroatoms. The molecule has 0 aliphatic heterocycles. The number of hydrogen-bond acceptors (Lipinski definition) is 7. The van der Waals surface area contributed by atoms with Crippen molar-refractivity contribution >= 4 is 35.6 Å². The molecule has 0 radical (unpaired) electrons. The summed E-state index contributed by atoms with van der Waals surface area (Å²) in [5.74, 6) is -5.30. The van der Waals surface area contributed by atoms with Crippen LogP contribution < -0.4 is 33.2 Å². The Balaban J connectivity index is 5.25. The molecule has 188 valence electrons. The van der Waals surface area contributed by atoms with Gasteiger partial charge in [0.25, 0.3) is 0 Å². The van der Waals surface area contributed by atoms with E-state index < -0.39 is 60.2 Å². The van der Waals surface area contributed by atoms with Gasteiger partial charge >= 0.3 is 11.9 Å². The lowest BCUT2D eigenvalue weighted by Crippen LogP contribution is -2.57. The average Bonchev–Trinajstić information content (AvgIpc) is 2.71. The predicted octanol–water partition coefficient (Wildman–Crippen LogP) is -2.55.